The van der Waals surface area contributed by atoms with Gasteiger partial charge in [0.15, 0.2) is 0 Å². The van der Waals surface area contributed by atoms with Crippen molar-refractivity contribution in [3.63, 3.8) is 0 Å². The summed E-state index contributed by atoms with van der Waals surface area (Å²) in [7, 11) is 0. The molecule has 34 heavy (non-hydrogen) atoms. The summed E-state index contributed by atoms with van der Waals surface area (Å²) in [5, 5.41) is 18.7. The maximum atomic E-state index is 12.8. The highest BCUT2D eigenvalue weighted by atomic mass is 35.5. The summed E-state index contributed by atoms with van der Waals surface area (Å²) in [6.45, 7) is 1.34. The fourth-order valence-electron chi connectivity index (χ4n) is 3.22. The van der Waals surface area contributed by atoms with E-state index in [9.17, 15) is 19.5 Å². The van der Waals surface area contributed by atoms with E-state index in [1.165, 1.54) is 24.3 Å². The summed E-state index contributed by atoms with van der Waals surface area (Å²) in [6, 6.07) is 9.23. The molecule has 0 unspecified atom stereocenters. The molecule has 4 rings (SSSR count). The van der Waals surface area contributed by atoms with Crippen molar-refractivity contribution in [1.29, 1.82) is 0 Å². The third kappa shape index (κ3) is 5.58. The molecule has 12 heteroatoms. The first-order chi connectivity index (χ1) is 16.3. The van der Waals surface area contributed by atoms with E-state index in [2.05, 4.69) is 10.2 Å². The molecule has 0 aliphatic carbocycles. The van der Waals surface area contributed by atoms with Gasteiger partial charge in [-0.15, -0.1) is 5.11 Å². The third-order valence-corrected chi connectivity index (χ3v) is 6.46. The molecule has 2 aromatic rings. The van der Waals surface area contributed by atoms with E-state index in [-0.39, 0.29) is 28.7 Å². The number of hydrogen-bond acceptors (Lipinski definition) is 8. The number of ether oxygens (including phenoxy) is 1. The molecule has 9 nitrogen and oxygen atoms in total. The van der Waals surface area contributed by atoms with Crippen molar-refractivity contribution in [2.45, 2.75) is 0 Å². The fraction of sp³-hybridized carbons (Fsp3) is 0.227. The van der Waals surface area contributed by atoms with Gasteiger partial charge in [-0.3, -0.25) is 19.3 Å². The molecule has 0 atom stereocenters. The van der Waals surface area contributed by atoms with Gasteiger partial charge in [-0.1, -0.05) is 23.2 Å². The van der Waals surface area contributed by atoms with Crippen LogP contribution in [0.1, 0.15) is 5.56 Å². The molecule has 2 fully saturated rings. The van der Waals surface area contributed by atoms with E-state index in [0.717, 1.165) is 4.90 Å². The Labute approximate surface area is 209 Å². The number of halogens is 2. The molecular weight excluding hydrogens is 503 g/mol. The fourth-order valence-corrected chi connectivity index (χ4v) is 4.49. The van der Waals surface area contributed by atoms with Gasteiger partial charge >= 0.3 is 0 Å². The molecular formula is C22H18Cl2N4O5S. The lowest BCUT2D eigenvalue weighted by Gasteiger charge is -2.28. The van der Waals surface area contributed by atoms with Crippen LogP contribution in [0, 0.1) is 0 Å². The zero-order chi connectivity index (χ0) is 24.2. The largest absolute Gasteiger partial charge is 0.507 e. The molecule has 2 aromatic carbocycles. The van der Waals surface area contributed by atoms with Crippen LogP contribution in [0.2, 0.25) is 10.0 Å². The monoisotopic (exact) mass is 520 g/mol. The van der Waals surface area contributed by atoms with Crippen molar-refractivity contribution < 1.29 is 24.2 Å². The molecule has 2 aliphatic rings. The number of phenolic OH excluding ortho intramolecular Hbond substituents is 1. The Morgan fingerprint density at radius 2 is 1.88 bits per heavy atom. The van der Waals surface area contributed by atoms with Gasteiger partial charge in [0.05, 0.1) is 28.8 Å². The van der Waals surface area contributed by atoms with E-state index in [1.54, 1.807) is 23.1 Å². The summed E-state index contributed by atoms with van der Waals surface area (Å²) < 4.78 is 5.21. The summed E-state index contributed by atoms with van der Waals surface area (Å²) >= 11 is 12.7. The van der Waals surface area contributed by atoms with Crippen LogP contribution in [0.25, 0.3) is 6.08 Å². The topological polar surface area (TPSA) is 112 Å². The highest BCUT2D eigenvalue weighted by Gasteiger charge is 2.37. The van der Waals surface area contributed by atoms with E-state index in [1.807, 2.05) is 0 Å². The Morgan fingerprint density at radius 1 is 1.12 bits per heavy atom. The Morgan fingerprint density at radius 3 is 2.62 bits per heavy atom. The lowest BCUT2D eigenvalue weighted by atomic mass is 10.1. The Kier molecular flexibility index (Phi) is 7.52. The Balaban J connectivity index is 1.50. The van der Waals surface area contributed by atoms with E-state index < -0.39 is 11.1 Å². The minimum absolute atomic E-state index is 0.0879. The van der Waals surface area contributed by atoms with Gasteiger partial charge in [0.25, 0.3) is 11.1 Å². The number of rotatable bonds is 5. The molecule has 0 saturated carbocycles. The highest BCUT2D eigenvalue weighted by molar-refractivity contribution is 8.18. The smallest absolute Gasteiger partial charge is 0.294 e. The quantitative estimate of drug-likeness (QED) is 0.438. The van der Waals surface area contributed by atoms with Gasteiger partial charge in [0.1, 0.15) is 18.0 Å². The van der Waals surface area contributed by atoms with Crippen molar-refractivity contribution in [3.8, 4) is 5.75 Å². The van der Waals surface area contributed by atoms with Crippen LogP contribution in [0.4, 0.5) is 16.2 Å². The number of benzene rings is 2. The van der Waals surface area contributed by atoms with Crippen molar-refractivity contribution in [2.24, 2.45) is 10.2 Å². The molecule has 1 N–H and O–H groups in total. The van der Waals surface area contributed by atoms with Gasteiger partial charge in [-0.2, -0.15) is 5.11 Å². The molecule has 2 heterocycles. The number of carbonyl (C=O) groups excluding carboxylic acids is 3. The van der Waals surface area contributed by atoms with Crippen LogP contribution in [-0.2, 0) is 14.3 Å². The van der Waals surface area contributed by atoms with Crippen LogP contribution in [0.5, 0.6) is 5.75 Å². The zero-order valence-electron chi connectivity index (χ0n) is 17.6. The van der Waals surface area contributed by atoms with E-state index in [4.69, 9.17) is 27.9 Å². The number of morpholine rings is 1. The standard InChI is InChI=1S/C22H18Cl2N4O5S/c23-14-1-3-17(16(24)11-14)26-25-15-2-4-18(29)13(9-15)10-19-21(31)28(22(32)34-19)12-20(30)27-5-7-33-8-6-27/h1-4,9-11,29H,5-8,12H2/b19-10-,26-25?. The molecule has 3 amide bonds. The number of imide groups is 1. The number of azo groups is 1. The molecule has 2 saturated heterocycles. The summed E-state index contributed by atoms with van der Waals surface area (Å²) in [6.07, 6.45) is 1.38. The van der Waals surface area contributed by atoms with Crippen molar-refractivity contribution in [2.75, 3.05) is 32.8 Å². The van der Waals surface area contributed by atoms with Crippen LogP contribution in [0.15, 0.2) is 51.5 Å². The highest BCUT2D eigenvalue weighted by Crippen LogP contribution is 2.35. The second-order valence-corrected chi connectivity index (χ2v) is 9.14. The molecule has 0 aromatic heterocycles. The van der Waals surface area contributed by atoms with Crippen molar-refractivity contribution in [1.82, 2.24) is 9.80 Å². The van der Waals surface area contributed by atoms with Crippen molar-refractivity contribution >= 4 is 69.5 Å². The SMILES string of the molecule is O=C(CN1C(=O)S/C(=C\c2cc(N=Nc3ccc(Cl)cc3Cl)ccc2O)C1=O)N1CCOCC1. The molecule has 0 bridgehead atoms. The van der Waals surface area contributed by atoms with Crippen LogP contribution < -0.4 is 0 Å². The molecule has 0 spiro atoms. The number of thioether (sulfide) groups is 1. The average Bonchev–Trinajstić information content (AvgIpc) is 3.08. The molecule has 2 aliphatic heterocycles. The first kappa shape index (κ1) is 24.2. The lowest BCUT2D eigenvalue weighted by Crippen LogP contribution is -2.46. The minimum atomic E-state index is -0.601. The number of hydrogen-bond donors (Lipinski definition) is 1. The number of amides is 3. The maximum absolute atomic E-state index is 12.8. The van der Waals surface area contributed by atoms with Crippen LogP contribution in [0.3, 0.4) is 0 Å². The summed E-state index contributed by atoms with van der Waals surface area (Å²) in [5.74, 6) is -1.03. The molecule has 0 radical (unpaired) electrons. The van der Waals surface area contributed by atoms with Gasteiger partial charge < -0.3 is 14.7 Å². The van der Waals surface area contributed by atoms with Gasteiger partial charge in [0.2, 0.25) is 5.91 Å². The van der Waals surface area contributed by atoms with Crippen LogP contribution >= 0.6 is 35.0 Å². The zero-order valence-corrected chi connectivity index (χ0v) is 19.9. The van der Waals surface area contributed by atoms with Gasteiger partial charge in [-0.05, 0) is 54.2 Å². The predicted molar refractivity (Wildman–Crippen MR) is 129 cm³/mol. The normalized spacial score (nSPS) is 17.9. The summed E-state index contributed by atoms with van der Waals surface area (Å²) in [4.78, 5) is 40.2. The van der Waals surface area contributed by atoms with Gasteiger partial charge in [-0.25, -0.2) is 0 Å². The Bertz CT molecular complexity index is 1210. The number of aromatic hydroxyl groups is 1. The predicted octanol–water partition coefficient (Wildman–Crippen LogP) is 5.01. The third-order valence-electron chi connectivity index (χ3n) is 5.01. The first-order valence-corrected chi connectivity index (χ1v) is 11.7. The number of carbonyl (C=O) groups is 3. The van der Waals surface area contributed by atoms with Crippen LogP contribution in [-0.4, -0.2) is 64.8 Å². The van der Waals surface area contributed by atoms with Gasteiger partial charge in [0, 0.05) is 23.7 Å². The molecule has 176 valence electrons. The first-order valence-electron chi connectivity index (χ1n) is 10.1. The van der Waals surface area contributed by atoms with Crippen molar-refractivity contribution in [3.05, 3.63) is 56.9 Å². The second kappa shape index (κ2) is 10.6. The maximum Gasteiger partial charge on any atom is 0.294 e. The second-order valence-electron chi connectivity index (χ2n) is 7.30. The lowest BCUT2D eigenvalue weighted by molar-refractivity contribution is -0.139. The number of nitrogens with zero attached hydrogens (tertiary/aromatic N) is 4. The van der Waals surface area contributed by atoms with E-state index >= 15 is 0 Å². The summed E-state index contributed by atoms with van der Waals surface area (Å²) in [5.41, 5.74) is 1.06. The average molecular weight is 521 g/mol. The van der Waals surface area contributed by atoms with E-state index in [0.29, 0.717) is 59.5 Å². The number of phenols is 1. The Hall–Kier alpha value is -2.92. The minimum Gasteiger partial charge on any atom is -0.507 e.